The highest BCUT2D eigenvalue weighted by Crippen LogP contribution is 2.35. The number of imidazole rings is 1. The fourth-order valence-electron chi connectivity index (χ4n) is 3.45. The molecule has 188 valence electrons. The van der Waals surface area contributed by atoms with Crippen molar-refractivity contribution in [3.8, 4) is 28.4 Å². The van der Waals surface area contributed by atoms with E-state index in [0.29, 0.717) is 39.9 Å². The first-order valence-corrected chi connectivity index (χ1v) is 11.1. The number of pyridine rings is 1. The number of ether oxygens (including phenoxy) is 1. The van der Waals surface area contributed by atoms with E-state index in [4.69, 9.17) is 15.5 Å². The van der Waals surface area contributed by atoms with Crippen molar-refractivity contribution in [2.45, 2.75) is 38.9 Å². The average Bonchev–Trinajstić information content (AvgIpc) is 3.29. The summed E-state index contributed by atoms with van der Waals surface area (Å²) in [6.07, 6.45) is -1.16. The third kappa shape index (κ3) is 5.40. The maximum Gasteiger partial charge on any atom is 0.416 e. The molecule has 4 rings (SSSR count). The van der Waals surface area contributed by atoms with Crippen LogP contribution in [0.25, 0.3) is 22.6 Å². The lowest BCUT2D eigenvalue weighted by Crippen LogP contribution is -2.13. The third-order valence-electron chi connectivity index (χ3n) is 5.43. The molecule has 8 nitrogen and oxygen atoms in total. The molecule has 0 bridgehead atoms. The summed E-state index contributed by atoms with van der Waals surface area (Å²) in [6, 6.07) is 8.45. The van der Waals surface area contributed by atoms with Gasteiger partial charge < -0.3 is 20.8 Å². The topological polar surface area (TPSA) is 115 Å². The van der Waals surface area contributed by atoms with Crippen molar-refractivity contribution >= 4 is 11.8 Å². The second kappa shape index (κ2) is 9.48. The molecule has 0 atom stereocenters. The molecule has 3 heterocycles. The number of hydrogen-bond donors (Lipinski definition) is 3. The highest BCUT2D eigenvalue weighted by Gasteiger charge is 2.30. The summed E-state index contributed by atoms with van der Waals surface area (Å²) in [7, 11) is 1.52. The first-order valence-electron chi connectivity index (χ1n) is 11.1. The molecule has 4 N–H and O–H groups in total. The number of benzene rings is 1. The van der Waals surface area contributed by atoms with Crippen LogP contribution in [0.3, 0.4) is 0 Å². The van der Waals surface area contributed by atoms with Gasteiger partial charge in [-0.05, 0) is 29.8 Å². The van der Waals surface area contributed by atoms with Gasteiger partial charge in [0.15, 0.2) is 11.6 Å². The van der Waals surface area contributed by atoms with Gasteiger partial charge in [-0.1, -0.05) is 32.9 Å². The summed E-state index contributed by atoms with van der Waals surface area (Å²) in [5.74, 6) is 1.77. The zero-order chi connectivity index (χ0) is 26.1. The Balaban J connectivity index is 1.65. The zero-order valence-electron chi connectivity index (χ0n) is 20.2. The fraction of sp³-hybridized carbons (Fsp3) is 0.280. The minimum Gasteiger partial charge on any atom is -0.493 e. The summed E-state index contributed by atoms with van der Waals surface area (Å²) >= 11 is 0. The molecule has 0 spiro atoms. The van der Waals surface area contributed by atoms with Crippen LogP contribution in [-0.4, -0.2) is 32.0 Å². The molecule has 0 fully saturated rings. The van der Waals surface area contributed by atoms with Crippen LogP contribution in [0.15, 0.2) is 48.8 Å². The number of aromatic nitrogens is 5. The molecule has 0 amide bonds. The molecule has 36 heavy (non-hydrogen) atoms. The van der Waals surface area contributed by atoms with E-state index in [1.807, 2.05) is 20.8 Å². The van der Waals surface area contributed by atoms with Crippen LogP contribution in [0.5, 0.6) is 5.75 Å². The maximum absolute atomic E-state index is 12.8. The highest BCUT2D eigenvalue weighted by atomic mass is 19.4. The lowest BCUT2D eigenvalue weighted by atomic mass is 9.96. The number of nitrogens with one attached hydrogen (secondary N) is 2. The summed E-state index contributed by atoms with van der Waals surface area (Å²) in [6.45, 7) is 6.37. The number of methoxy groups -OCH3 is 1. The van der Waals surface area contributed by atoms with Crippen LogP contribution in [-0.2, 0) is 18.1 Å². The van der Waals surface area contributed by atoms with Crippen LogP contribution < -0.4 is 15.8 Å². The van der Waals surface area contributed by atoms with Crippen molar-refractivity contribution in [1.82, 2.24) is 24.9 Å². The second-order valence-electron chi connectivity index (χ2n) is 9.18. The van der Waals surface area contributed by atoms with Gasteiger partial charge in [0.1, 0.15) is 5.82 Å². The van der Waals surface area contributed by atoms with Crippen molar-refractivity contribution in [3.63, 3.8) is 0 Å². The number of aromatic amines is 1. The summed E-state index contributed by atoms with van der Waals surface area (Å²) in [5, 5.41) is 3.06. The van der Waals surface area contributed by atoms with E-state index in [2.05, 4.69) is 25.3 Å². The lowest BCUT2D eigenvalue weighted by Gasteiger charge is -2.14. The molecule has 1 aromatic carbocycles. The summed E-state index contributed by atoms with van der Waals surface area (Å²) in [4.78, 5) is 21.3. The predicted octanol–water partition coefficient (Wildman–Crippen LogP) is 5.45. The van der Waals surface area contributed by atoms with Gasteiger partial charge in [0, 0.05) is 29.9 Å². The quantitative estimate of drug-likeness (QED) is 0.325. The number of anilines is 2. The van der Waals surface area contributed by atoms with Crippen molar-refractivity contribution < 1.29 is 17.9 Å². The molecular formula is C25H26F3N7O. The van der Waals surface area contributed by atoms with Crippen molar-refractivity contribution in [3.05, 3.63) is 65.7 Å². The minimum absolute atomic E-state index is 0.254. The number of nitrogens with two attached hydrogens (primary N) is 1. The van der Waals surface area contributed by atoms with Crippen molar-refractivity contribution in [2.24, 2.45) is 0 Å². The molecule has 0 aliphatic heterocycles. The molecule has 4 aromatic rings. The Labute approximate surface area is 206 Å². The molecule has 0 aliphatic carbocycles. The van der Waals surface area contributed by atoms with Gasteiger partial charge in [0.05, 0.1) is 29.8 Å². The molecule has 0 unspecified atom stereocenters. The Morgan fingerprint density at radius 1 is 1.03 bits per heavy atom. The van der Waals surface area contributed by atoms with Crippen LogP contribution in [0.4, 0.5) is 24.9 Å². The average molecular weight is 498 g/mol. The minimum atomic E-state index is -4.37. The Kier molecular flexibility index (Phi) is 6.57. The van der Waals surface area contributed by atoms with E-state index in [1.165, 1.54) is 19.2 Å². The van der Waals surface area contributed by atoms with E-state index in [9.17, 15) is 13.2 Å². The fourth-order valence-corrected chi connectivity index (χ4v) is 3.45. The van der Waals surface area contributed by atoms with E-state index >= 15 is 0 Å². The molecule has 0 aliphatic rings. The summed E-state index contributed by atoms with van der Waals surface area (Å²) in [5.41, 5.74) is 8.14. The molecule has 0 radical (unpaired) electrons. The first-order chi connectivity index (χ1) is 17.0. The van der Waals surface area contributed by atoms with E-state index < -0.39 is 11.7 Å². The first kappa shape index (κ1) is 25.0. The van der Waals surface area contributed by atoms with Gasteiger partial charge in [-0.2, -0.15) is 13.2 Å². The molecule has 3 aromatic heterocycles. The summed E-state index contributed by atoms with van der Waals surface area (Å²) < 4.78 is 43.7. The van der Waals surface area contributed by atoms with Crippen LogP contribution in [0, 0.1) is 0 Å². The standard InChI is InChI=1S/C25H26F3N7O/c1-24(2,3)22-34-19(15-11-18(36-4)21(29)31-13-15)20(35-22)17-9-10-30-23(33-17)32-12-14-5-7-16(8-6-14)25(26,27)28/h5-11,13H,12H2,1-4H3,(H2,29,31)(H,34,35)(H,30,32,33). The Bertz CT molecular complexity index is 1360. The number of nitrogens with zero attached hydrogens (tertiary/aromatic N) is 4. The number of halogens is 3. The van der Waals surface area contributed by atoms with Gasteiger partial charge in [0.25, 0.3) is 0 Å². The Morgan fingerprint density at radius 2 is 1.75 bits per heavy atom. The van der Waals surface area contributed by atoms with E-state index in [0.717, 1.165) is 18.0 Å². The van der Waals surface area contributed by atoms with E-state index in [1.54, 1.807) is 24.5 Å². The second-order valence-corrected chi connectivity index (χ2v) is 9.18. The molecular weight excluding hydrogens is 471 g/mol. The number of H-pyrrole nitrogens is 1. The Hall–Kier alpha value is -4.15. The number of rotatable bonds is 6. The largest absolute Gasteiger partial charge is 0.493 e. The van der Waals surface area contributed by atoms with Crippen LogP contribution in [0.2, 0.25) is 0 Å². The van der Waals surface area contributed by atoms with Crippen molar-refractivity contribution in [2.75, 3.05) is 18.2 Å². The monoisotopic (exact) mass is 497 g/mol. The number of alkyl halides is 3. The normalized spacial score (nSPS) is 12.0. The molecule has 0 saturated carbocycles. The van der Waals surface area contributed by atoms with Gasteiger partial charge in [-0.3, -0.25) is 0 Å². The molecule has 11 heteroatoms. The predicted molar refractivity (Wildman–Crippen MR) is 131 cm³/mol. The smallest absolute Gasteiger partial charge is 0.416 e. The van der Waals surface area contributed by atoms with Crippen molar-refractivity contribution in [1.29, 1.82) is 0 Å². The van der Waals surface area contributed by atoms with Gasteiger partial charge >= 0.3 is 6.18 Å². The zero-order valence-corrected chi connectivity index (χ0v) is 20.2. The SMILES string of the molecule is COc1cc(-c2nc(C(C)(C)C)[nH]c2-c2ccnc(NCc3ccc(C(F)(F)F)cc3)n2)cnc1N. The van der Waals surface area contributed by atoms with Gasteiger partial charge in [-0.15, -0.1) is 0 Å². The highest BCUT2D eigenvalue weighted by molar-refractivity contribution is 5.78. The number of hydrogen-bond acceptors (Lipinski definition) is 7. The maximum atomic E-state index is 12.8. The van der Waals surface area contributed by atoms with Gasteiger partial charge in [-0.25, -0.2) is 19.9 Å². The van der Waals surface area contributed by atoms with Gasteiger partial charge in [0.2, 0.25) is 5.95 Å². The van der Waals surface area contributed by atoms with Crippen LogP contribution in [0.1, 0.15) is 37.7 Å². The lowest BCUT2D eigenvalue weighted by molar-refractivity contribution is -0.137. The molecule has 0 saturated heterocycles. The van der Waals surface area contributed by atoms with E-state index in [-0.39, 0.29) is 17.8 Å². The Morgan fingerprint density at radius 3 is 2.39 bits per heavy atom. The third-order valence-corrected chi connectivity index (χ3v) is 5.43. The number of nitrogen functional groups attached to an aromatic ring is 1. The van der Waals surface area contributed by atoms with Crippen LogP contribution >= 0.6 is 0 Å².